The number of carbonyl (C=O) groups is 1. The number of nitrogens with zero attached hydrogens (tertiary/aromatic N) is 1. The van der Waals surface area contributed by atoms with Gasteiger partial charge in [-0.25, -0.2) is 0 Å². The Kier molecular flexibility index (Phi) is 5.36. The minimum absolute atomic E-state index is 0.0934. The molecule has 1 N–H and O–H groups in total. The van der Waals surface area contributed by atoms with Crippen molar-refractivity contribution in [1.82, 2.24) is 10.2 Å². The van der Waals surface area contributed by atoms with Gasteiger partial charge in [0.2, 0.25) is 5.91 Å². The average molecular weight is 262 g/mol. The van der Waals surface area contributed by atoms with E-state index in [1.807, 2.05) is 42.3 Å². The number of likely N-dealkylation sites (N-methyl/N-ethyl adjacent to an activating group) is 1. The maximum atomic E-state index is 12.0. The van der Waals surface area contributed by atoms with E-state index < -0.39 is 0 Å². The van der Waals surface area contributed by atoms with E-state index >= 15 is 0 Å². The SMILES string of the molecule is CNC1CCCN(C(=O)COCc2ccccc2)C1. The third kappa shape index (κ3) is 4.33. The van der Waals surface area contributed by atoms with Gasteiger partial charge in [-0.2, -0.15) is 0 Å². The molecule has 1 aromatic rings. The summed E-state index contributed by atoms with van der Waals surface area (Å²) >= 11 is 0. The lowest BCUT2D eigenvalue weighted by Crippen LogP contribution is -2.48. The second kappa shape index (κ2) is 7.26. The molecule has 1 unspecified atom stereocenters. The quantitative estimate of drug-likeness (QED) is 0.872. The molecule has 1 amide bonds. The summed E-state index contributed by atoms with van der Waals surface area (Å²) in [6, 6.07) is 10.3. The van der Waals surface area contributed by atoms with Crippen LogP contribution in [0.15, 0.2) is 30.3 Å². The molecular weight excluding hydrogens is 240 g/mol. The first-order chi connectivity index (χ1) is 9.29. The molecule has 1 aliphatic heterocycles. The third-order valence-corrected chi connectivity index (χ3v) is 3.52. The van der Waals surface area contributed by atoms with E-state index in [9.17, 15) is 4.79 Å². The van der Waals surface area contributed by atoms with E-state index in [-0.39, 0.29) is 12.5 Å². The topological polar surface area (TPSA) is 41.6 Å². The first-order valence-corrected chi connectivity index (χ1v) is 6.86. The second-order valence-corrected chi connectivity index (χ2v) is 4.95. The molecule has 0 aromatic heterocycles. The van der Waals surface area contributed by atoms with E-state index in [0.29, 0.717) is 12.6 Å². The molecule has 0 spiro atoms. The number of rotatable bonds is 5. The number of ether oxygens (including phenoxy) is 1. The molecule has 1 saturated heterocycles. The summed E-state index contributed by atoms with van der Waals surface area (Å²) in [6.45, 7) is 2.32. The highest BCUT2D eigenvalue weighted by Gasteiger charge is 2.22. The first kappa shape index (κ1) is 14.0. The zero-order chi connectivity index (χ0) is 13.5. The summed E-state index contributed by atoms with van der Waals surface area (Å²) in [6.07, 6.45) is 2.21. The Morgan fingerprint density at radius 3 is 2.95 bits per heavy atom. The molecule has 1 fully saturated rings. The summed E-state index contributed by atoms with van der Waals surface area (Å²) in [5.41, 5.74) is 1.10. The fourth-order valence-corrected chi connectivity index (χ4v) is 2.36. The molecule has 0 aliphatic carbocycles. The Hall–Kier alpha value is -1.39. The summed E-state index contributed by atoms with van der Waals surface area (Å²) in [4.78, 5) is 13.9. The Morgan fingerprint density at radius 1 is 1.42 bits per heavy atom. The van der Waals surface area contributed by atoms with Gasteiger partial charge in [-0.05, 0) is 25.5 Å². The van der Waals surface area contributed by atoms with Crippen molar-refractivity contribution < 1.29 is 9.53 Å². The van der Waals surface area contributed by atoms with Crippen molar-refractivity contribution in [3.8, 4) is 0 Å². The van der Waals surface area contributed by atoms with E-state index in [0.717, 1.165) is 31.5 Å². The zero-order valence-electron chi connectivity index (χ0n) is 11.5. The fraction of sp³-hybridized carbons (Fsp3) is 0.533. The number of nitrogens with one attached hydrogen (secondary N) is 1. The number of likely N-dealkylation sites (tertiary alicyclic amines) is 1. The van der Waals surface area contributed by atoms with Gasteiger partial charge in [0.25, 0.3) is 0 Å². The lowest BCUT2D eigenvalue weighted by molar-refractivity contribution is -0.137. The average Bonchev–Trinajstić information content (AvgIpc) is 2.48. The van der Waals surface area contributed by atoms with Crippen molar-refractivity contribution in [3.05, 3.63) is 35.9 Å². The minimum Gasteiger partial charge on any atom is -0.367 e. The Morgan fingerprint density at radius 2 is 2.21 bits per heavy atom. The summed E-state index contributed by atoms with van der Waals surface area (Å²) in [5.74, 6) is 0.0934. The van der Waals surface area contributed by atoms with Crippen LogP contribution in [0.2, 0.25) is 0 Å². The van der Waals surface area contributed by atoms with Gasteiger partial charge < -0.3 is 15.0 Å². The van der Waals surface area contributed by atoms with E-state index in [2.05, 4.69) is 5.32 Å². The molecule has 104 valence electrons. The van der Waals surface area contributed by atoms with E-state index in [4.69, 9.17) is 4.74 Å². The number of hydrogen-bond donors (Lipinski definition) is 1. The van der Waals surface area contributed by atoms with Gasteiger partial charge in [-0.15, -0.1) is 0 Å². The number of amides is 1. The van der Waals surface area contributed by atoms with Crippen LogP contribution in [0.25, 0.3) is 0 Å². The molecule has 0 saturated carbocycles. The third-order valence-electron chi connectivity index (χ3n) is 3.52. The van der Waals surface area contributed by atoms with E-state index in [1.165, 1.54) is 0 Å². The molecule has 1 atom stereocenters. The highest BCUT2D eigenvalue weighted by atomic mass is 16.5. The molecular formula is C15H22N2O2. The predicted molar refractivity (Wildman–Crippen MR) is 74.8 cm³/mol. The van der Waals surface area contributed by atoms with Crippen molar-refractivity contribution >= 4 is 5.91 Å². The van der Waals surface area contributed by atoms with Gasteiger partial charge in [-0.1, -0.05) is 30.3 Å². The fourth-order valence-electron chi connectivity index (χ4n) is 2.36. The van der Waals surface area contributed by atoms with Gasteiger partial charge in [0.05, 0.1) is 6.61 Å². The molecule has 2 rings (SSSR count). The lowest BCUT2D eigenvalue weighted by Gasteiger charge is -2.32. The molecule has 1 aliphatic rings. The van der Waals surface area contributed by atoms with Crippen molar-refractivity contribution in [2.45, 2.75) is 25.5 Å². The second-order valence-electron chi connectivity index (χ2n) is 4.95. The number of piperidine rings is 1. The predicted octanol–water partition coefficient (Wildman–Crippen LogP) is 1.41. The van der Waals surface area contributed by atoms with Crippen molar-refractivity contribution in [2.24, 2.45) is 0 Å². The molecule has 1 heterocycles. The molecule has 4 nitrogen and oxygen atoms in total. The maximum Gasteiger partial charge on any atom is 0.248 e. The van der Waals surface area contributed by atoms with Crippen molar-refractivity contribution in [1.29, 1.82) is 0 Å². The molecule has 0 bridgehead atoms. The Labute approximate surface area is 114 Å². The van der Waals surface area contributed by atoms with Crippen LogP contribution in [0.4, 0.5) is 0 Å². The van der Waals surface area contributed by atoms with Crippen LogP contribution in [0.5, 0.6) is 0 Å². The van der Waals surface area contributed by atoms with Gasteiger partial charge in [-0.3, -0.25) is 4.79 Å². The van der Waals surface area contributed by atoms with Crippen molar-refractivity contribution in [3.63, 3.8) is 0 Å². The van der Waals surface area contributed by atoms with Gasteiger partial charge in [0, 0.05) is 19.1 Å². The number of hydrogen-bond acceptors (Lipinski definition) is 3. The largest absolute Gasteiger partial charge is 0.367 e. The van der Waals surface area contributed by atoms with Gasteiger partial charge in [0.15, 0.2) is 0 Å². The number of carbonyl (C=O) groups excluding carboxylic acids is 1. The normalized spacial score (nSPS) is 19.4. The van der Waals surface area contributed by atoms with Crippen LogP contribution in [-0.2, 0) is 16.1 Å². The molecule has 4 heteroatoms. The highest BCUT2D eigenvalue weighted by Crippen LogP contribution is 2.10. The van der Waals surface area contributed by atoms with Crippen LogP contribution in [0, 0.1) is 0 Å². The van der Waals surface area contributed by atoms with Crippen LogP contribution < -0.4 is 5.32 Å². The lowest BCUT2D eigenvalue weighted by atomic mass is 10.1. The Balaban J connectivity index is 1.72. The van der Waals surface area contributed by atoms with Crippen LogP contribution >= 0.6 is 0 Å². The smallest absolute Gasteiger partial charge is 0.248 e. The maximum absolute atomic E-state index is 12.0. The highest BCUT2D eigenvalue weighted by molar-refractivity contribution is 5.77. The summed E-state index contributed by atoms with van der Waals surface area (Å²) in [7, 11) is 1.95. The Bertz CT molecular complexity index is 394. The first-order valence-electron chi connectivity index (χ1n) is 6.86. The number of benzene rings is 1. The van der Waals surface area contributed by atoms with Crippen LogP contribution in [0.1, 0.15) is 18.4 Å². The molecule has 1 aromatic carbocycles. The standard InChI is InChI=1S/C15H22N2O2/c1-16-14-8-5-9-17(10-14)15(18)12-19-11-13-6-3-2-4-7-13/h2-4,6-7,14,16H,5,8-12H2,1H3. The van der Waals surface area contributed by atoms with E-state index in [1.54, 1.807) is 0 Å². The molecule has 19 heavy (non-hydrogen) atoms. The van der Waals surface area contributed by atoms with Crippen LogP contribution in [-0.4, -0.2) is 43.6 Å². The minimum atomic E-state index is 0.0934. The molecule has 0 radical (unpaired) electrons. The monoisotopic (exact) mass is 262 g/mol. The summed E-state index contributed by atoms with van der Waals surface area (Å²) < 4.78 is 5.49. The summed E-state index contributed by atoms with van der Waals surface area (Å²) in [5, 5.41) is 3.24. The van der Waals surface area contributed by atoms with Crippen LogP contribution in [0.3, 0.4) is 0 Å². The van der Waals surface area contributed by atoms with Crippen molar-refractivity contribution in [2.75, 3.05) is 26.7 Å². The zero-order valence-corrected chi connectivity index (χ0v) is 11.5. The van der Waals surface area contributed by atoms with Gasteiger partial charge >= 0.3 is 0 Å². The van der Waals surface area contributed by atoms with Gasteiger partial charge in [0.1, 0.15) is 6.61 Å².